The zero-order valence-electron chi connectivity index (χ0n) is 14.5. The van der Waals surface area contributed by atoms with E-state index in [0.29, 0.717) is 11.6 Å². The van der Waals surface area contributed by atoms with Crippen molar-refractivity contribution < 1.29 is 22.7 Å². The Morgan fingerprint density at radius 3 is 2.70 bits per heavy atom. The van der Waals surface area contributed by atoms with Crippen LogP contribution < -0.4 is 15.0 Å². The lowest BCUT2D eigenvalue weighted by molar-refractivity contribution is -0.274. The second-order valence-corrected chi connectivity index (χ2v) is 6.15. The molecule has 0 saturated carbocycles. The van der Waals surface area contributed by atoms with Gasteiger partial charge < -0.3 is 15.0 Å². The standard InChI is InChI=1S/C18H19F3N4O2/c19-18(20,21)27-15-6-4-5-13(11-15)16(26)23-12-14-7-8-22-17(24-14)25-9-2-1-3-10-25/h4-8,11H,1-3,9-10,12H2,(H,23,26). The molecule has 0 spiro atoms. The molecule has 0 aliphatic carbocycles. The quantitative estimate of drug-likeness (QED) is 0.862. The molecule has 0 bridgehead atoms. The van der Waals surface area contributed by atoms with Crippen LogP contribution in [-0.2, 0) is 6.54 Å². The molecule has 3 rings (SSSR count). The molecule has 9 heteroatoms. The van der Waals surface area contributed by atoms with Crippen molar-refractivity contribution in [1.29, 1.82) is 0 Å². The zero-order valence-corrected chi connectivity index (χ0v) is 14.5. The number of halogens is 3. The number of anilines is 1. The SMILES string of the molecule is O=C(NCc1ccnc(N2CCCCC2)n1)c1cccc(OC(F)(F)F)c1. The fourth-order valence-corrected chi connectivity index (χ4v) is 2.84. The minimum atomic E-state index is -4.80. The Hall–Kier alpha value is -2.84. The highest BCUT2D eigenvalue weighted by Gasteiger charge is 2.31. The molecule has 0 atom stereocenters. The van der Waals surface area contributed by atoms with Gasteiger partial charge in [-0.15, -0.1) is 13.2 Å². The zero-order chi connectivity index (χ0) is 19.3. The number of aromatic nitrogens is 2. The van der Waals surface area contributed by atoms with Crippen LogP contribution in [0.15, 0.2) is 36.5 Å². The highest BCUT2D eigenvalue weighted by molar-refractivity contribution is 5.94. The molecule has 1 N–H and O–H groups in total. The van der Waals surface area contributed by atoms with Gasteiger partial charge in [-0.25, -0.2) is 9.97 Å². The number of nitrogens with zero attached hydrogens (tertiary/aromatic N) is 3. The predicted molar refractivity (Wildman–Crippen MR) is 92.4 cm³/mol. The monoisotopic (exact) mass is 380 g/mol. The van der Waals surface area contributed by atoms with Crippen LogP contribution in [0.1, 0.15) is 35.3 Å². The summed E-state index contributed by atoms with van der Waals surface area (Å²) >= 11 is 0. The molecule has 1 amide bonds. The van der Waals surface area contributed by atoms with Crippen molar-refractivity contribution in [2.24, 2.45) is 0 Å². The molecular formula is C18H19F3N4O2. The van der Waals surface area contributed by atoms with Gasteiger partial charge in [0.25, 0.3) is 5.91 Å². The normalized spacial score (nSPS) is 14.7. The average Bonchev–Trinajstić information content (AvgIpc) is 2.66. The van der Waals surface area contributed by atoms with Crippen molar-refractivity contribution in [1.82, 2.24) is 15.3 Å². The van der Waals surface area contributed by atoms with Gasteiger partial charge in [-0.05, 0) is 43.5 Å². The summed E-state index contributed by atoms with van der Waals surface area (Å²) < 4.78 is 40.7. The lowest BCUT2D eigenvalue weighted by atomic mass is 10.1. The Balaban J connectivity index is 1.61. The summed E-state index contributed by atoms with van der Waals surface area (Å²) in [7, 11) is 0. The van der Waals surface area contributed by atoms with Gasteiger partial charge in [0.15, 0.2) is 0 Å². The van der Waals surface area contributed by atoms with E-state index >= 15 is 0 Å². The van der Waals surface area contributed by atoms with Crippen LogP contribution in [-0.4, -0.2) is 35.3 Å². The molecular weight excluding hydrogens is 361 g/mol. The van der Waals surface area contributed by atoms with Crippen LogP contribution in [0.4, 0.5) is 19.1 Å². The fourth-order valence-electron chi connectivity index (χ4n) is 2.84. The molecule has 2 aromatic rings. The van der Waals surface area contributed by atoms with Gasteiger partial charge in [-0.3, -0.25) is 4.79 Å². The molecule has 144 valence electrons. The molecule has 1 aliphatic rings. The summed E-state index contributed by atoms with van der Waals surface area (Å²) in [5, 5.41) is 2.65. The Kier molecular flexibility index (Phi) is 5.78. The Bertz CT molecular complexity index is 792. The number of piperidine rings is 1. The van der Waals surface area contributed by atoms with Gasteiger partial charge in [0.2, 0.25) is 5.95 Å². The van der Waals surface area contributed by atoms with Gasteiger partial charge in [-0.1, -0.05) is 6.07 Å². The lowest BCUT2D eigenvalue weighted by Crippen LogP contribution is -2.31. The Morgan fingerprint density at radius 2 is 1.96 bits per heavy atom. The molecule has 6 nitrogen and oxygen atoms in total. The van der Waals surface area contributed by atoms with E-state index in [1.54, 1.807) is 12.3 Å². The third kappa shape index (κ3) is 5.57. The third-order valence-corrected chi connectivity index (χ3v) is 4.10. The number of benzene rings is 1. The number of hydrogen-bond donors (Lipinski definition) is 1. The molecule has 1 aromatic carbocycles. The van der Waals surface area contributed by atoms with Crippen LogP contribution in [0.2, 0.25) is 0 Å². The van der Waals surface area contributed by atoms with E-state index < -0.39 is 18.0 Å². The van der Waals surface area contributed by atoms with E-state index in [9.17, 15) is 18.0 Å². The Labute approximate surface area is 154 Å². The highest BCUT2D eigenvalue weighted by Crippen LogP contribution is 2.23. The van der Waals surface area contributed by atoms with E-state index in [1.165, 1.54) is 18.6 Å². The maximum atomic E-state index is 12.3. The number of hydrogen-bond acceptors (Lipinski definition) is 5. The van der Waals surface area contributed by atoms with Crippen LogP contribution in [0, 0.1) is 0 Å². The average molecular weight is 380 g/mol. The number of amides is 1. The van der Waals surface area contributed by atoms with Gasteiger partial charge in [0.1, 0.15) is 5.75 Å². The van der Waals surface area contributed by atoms with Gasteiger partial charge >= 0.3 is 6.36 Å². The Morgan fingerprint density at radius 1 is 1.19 bits per heavy atom. The second kappa shape index (κ2) is 8.24. The number of nitrogens with one attached hydrogen (secondary N) is 1. The maximum absolute atomic E-state index is 12.3. The van der Waals surface area contributed by atoms with Crippen molar-refractivity contribution in [3.63, 3.8) is 0 Å². The minimum Gasteiger partial charge on any atom is -0.406 e. The van der Waals surface area contributed by atoms with Gasteiger partial charge in [0, 0.05) is 24.8 Å². The van der Waals surface area contributed by atoms with E-state index in [1.807, 2.05) is 0 Å². The lowest BCUT2D eigenvalue weighted by Gasteiger charge is -2.26. The molecule has 0 radical (unpaired) electrons. The summed E-state index contributed by atoms with van der Waals surface area (Å²) in [6.45, 7) is 1.95. The smallest absolute Gasteiger partial charge is 0.406 e. The number of carbonyl (C=O) groups excluding carboxylic acids is 1. The van der Waals surface area contributed by atoms with Gasteiger partial charge in [0.05, 0.1) is 12.2 Å². The van der Waals surface area contributed by atoms with Crippen LogP contribution in [0.25, 0.3) is 0 Å². The van der Waals surface area contributed by atoms with E-state index in [0.717, 1.165) is 38.1 Å². The van der Waals surface area contributed by atoms with Crippen molar-refractivity contribution >= 4 is 11.9 Å². The molecule has 27 heavy (non-hydrogen) atoms. The first-order chi connectivity index (χ1) is 12.9. The maximum Gasteiger partial charge on any atom is 0.573 e. The van der Waals surface area contributed by atoms with Crippen molar-refractivity contribution in [3.05, 3.63) is 47.8 Å². The number of carbonyl (C=O) groups is 1. The first-order valence-electron chi connectivity index (χ1n) is 8.61. The molecule has 1 fully saturated rings. The molecule has 1 aliphatic heterocycles. The largest absolute Gasteiger partial charge is 0.573 e. The molecule has 1 saturated heterocycles. The summed E-state index contributed by atoms with van der Waals surface area (Å²) in [4.78, 5) is 23.1. The minimum absolute atomic E-state index is 0.0714. The molecule has 1 aromatic heterocycles. The molecule has 2 heterocycles. The topological polar surface area (TPSA) is 67.4 Å². The van der Waals surface area contributed by atoms with E-state index in [2.05, 4.69) is 24.9 Å². The number of ether oxygens (including phenoxy) is 1. The van der Waals surface area contributed by atoms with Gasteiger partial charge in [-0.2, -0.15) is 0 Å². The molecule has 0 unspecified atom stereocenters. The summed E-state index contributed by atoms with van der Waals surface area (Å²) in [6.07, 6.45) is 0.224. The first-order valence-corrected chi connectivity index (χ1v) is 8.61. The predicted octanol–water partition coefficient (Wildman–Crippen LogP) is 3.30. The van der Waals surface area contributed by atoms with Crippen molar-refractivity contribution in [3.8, 4) is 5.75 Å². The third-order valence-electron chi connectivity index (χ3n) is 4.10. The van der Waals surface area contributed by atoms with E-state index in [4.69, 9.17) is 0 Å². The first kappa shape index (κ1) is 18.9. The second-order valence-electron chi connectivity index (χ2n) is 6.15. The summed E-state index contributed by atoms with van der Waals surface area (Å²) in [6, 6.07) is 6.62. The number of alkyl halides is 3. The summed E-state index contributed by atoms with van der Waals surface area (Å²) in [5.74, 6) is -0.327. The van der Waals surface area contributed by atoms with Crippen molar-refractivity contribution in [2.45, 2.75) is 32.2 Å². The van der Waals surface area contributed by atoms with Crippen LogP contribution in [0.3, 0.4) is 0 Å². The van der Waals surface area contributed by atoms with Crippen LogP contribution >= 0.6 is 0 Å². The number of rotatable bonds is 5. The summed E-state index contributed by atoms with van der Waals surface area (Å²) in [5.41, 5.74) is 0.698. The van der Waals surface area contributed by atoms with Crippen molar-refractivity contribution in [2.75, 3.05) is 18.0 Å². The fraction of sp³-hybridized carbons (Fsp3) is 0.389. The highest BCUT2D eigenvalue weighted by atomic mass is 19.4. The van der Waals surface area contributed by atoms with E-state index in [-0.39, 0.29) is 12.1 Å². The van der Waals surface area contributed by atoms with Crippen LogP contribution in [0.5, 0.6) is 5.75 Å².